The fraction of sp³-hybridized carbons (Fsp3) is 0.250. The lowest BCUT2D eigenvalue weighted by Gasteiger charge is -2.29. The highest BCUT2D eigenvalue weighted by Crippen LogP contribution is 2.39. The Morgan fingerprint density at radius 2 is 1.56 bits per heavy atom. The molecule has 1 aromatic heterocycles. The Balaban J connectivity index is 1.78. The van der Waals surface area contributed by atoms with E-state index >= 15 is 0 Å². The third-order valence-electron chi connectivity index (χ3n) is 6.18. The Morgan fingerprint density at radius 3 is 2.17 bits per heavy atom. The molecule has 0 radical (unpaired) electrons. The highest BCUT2D eigenvalue weighted by Gasteiger charge is 2.31. The summed E-state index contributed by atoms with van der Waals surface area (Å²) in [4.78, 5) is 4.69. The normalized spacial score (nSPS) is 12.2. The monoisotopic (exact) mass is 546 g/mol. The number of imidazole rings is 1. The van der Waals surface area contributed by atoms with Crippen molar-refractivity contribution in [2.45, 2.75) is 49.6 Å². The minimum atomic E-state index is -1.07. The van der Waals surface area contributed by atoms with E-state index in [1.165, 1.54) is 36.0 Å². The minimum absolute atomic E-state index is 0.332. The standard InChI is InChI=1S/C28H26Cl2F2N2OS/c1-27(2,18-6-12-22(24(30)13-18)28(3,4)35)25-15-33-26(34(25)21-10-8-19(31)9-11-21)36-16-17-5-7-20(32)14-23(17)29/h5-15,35H,16H2,1-4H3. The molecule has 0 saturated carbocycles. The van der Waals surface area contributed by atoms with Crippen LogP contribution in [-0.4, -0.2) is 14.7 Å². The second-order valence-electron chi connectivity index (χ2n) is 9.64. The summed E-state index contributed by atoms with van der Waals surface area (Å²) in [6, 6.07) is 16.2. The molecule has 4 aromatic rings. The van der Waals surface area contributed by atoms with Crippen LogP contribution in [0.25, 0.3) is 5.69 Å². The number of aliphatic hydroxyl groups is 1. The SMILES string of the molecule is CC(C)(O)c1ccc(C(C)(C)c2cnc(SCc3ccc(F)cc3Cl)n2-c2ccc(F)cc2)cc1Cl. The van der Waals surface area contributed by atoms with E-state index in [-0.39, 0.29) is 11.6 Å². The summed E-state index contributed by atoms with van der Waals surface area (Å²) in [6.07, 6.45) is 1.80. The van der Waals surface area contributed by atoms with Gasteiger partial charge in [-0.15, -0.1) is 0 Å². The molecular formula is C28H26Cl2F2N2OS. The van der Waals surface area contributed by atoms with E-state index in [0.717, 1.165) is 22.5 Å². The molecule has 3 nitrogen and oxygen atoms in total. The fourth-order valence-electron chi connectivity index (χ4n) is 4.05. The Morgan fingerprint density at radius 1 is 0.889 bits per heavy atom. The van der Waals surface area contributed by atoms with E-state index in [4.69, 9.17) is 28.2 Å². The number of halogens is 4. The lowest BCUT2D eigenvalue weighted by atomic mass is 9.80. The zero-order chi connectivity index (χ0) is 26.3. The Hall–Kier alpha value is -2.38. The molecule has 0 fully saturated rings. The van der Waals surface area contributed by atoms with Crippen molar-refractivity contribution < 1.29 is 13.9 Å². The first-order chi connectivity index (χ1) is 16.9. The van der Waals surface area contributed by atoms with Crippen molar-refractivity contribution in [2.75, 3.05) is 0 Å². The molecule has 1 N–H and O–H groups in total. The number of benzene rings is 3. The third-order valence-corrected chi connectivity index (χ3v) is 7.84. The first-order valence-electron chi connectivity index (χ1n) is 11.3. The van der Waals surface area contributed by atoms with E-state index in [9.17, 15) is 13.9 Å². The third kappa shape index (κ3) is 5.47. The number of hydrogen-bond acceptors (Lipinski definition) is 3. The molecule has 188 valence electrons. The average molecular weight is 547 g/mol. The second-order valence-corrected chi connectivity index (χ2v) is 11.4. The van der Waals surface area contributed by atoms with E-state index in [2.05, 4.69) is 13.8 Å². The number of rotatable bonds is 7. The van der Waals surface area contributed by atoms with Gasteiger partial charge in [-0.3, -0.25) is 4.57 Å². The molecule has 1 heterocycles. The van der Waals surface area contributed by atoms with E-state index in [1.54, 1.807) is 38.2 Å². The summed E-state index contributed by atoms with van der Waals surface area (Å²) >= 11 is 14.3. The zero-order valence-electron chi connectivity index (χ0n) is 20.3. The van der Waals surface area contributed by atoms with Crippen molar-refractivity contribution in [3.63, 3.8) is 0 Å². The van der Waals surface area contributed by atoms with Gasteiger partial charge in [-0.05, 0) is 67.4 Å². The zero-order valence-corrected chi connectivity index (χ0v) is 22.6. The van der Waals surface area contributed by atoms with Crippen LogP contribution in [0.4, 0.5) is 8.78 Å². The summed E-state index contributed by atoms with van der Waals surface area (Å²) in [6.45, 7) is 7.51. The van der Waals surface area contributed by atoms with Crippen molar-refractivity contribution in [1.29, 1.82) is 0 Å². The molecule has 0 amide bonds. The van der Waals surface area contributed by atoms with Gasteiger partial charge in [0.05, 0.1) is 17.5 Å². The molecule has 0 spiro atoms. The highest BCUT2D eigenvalue weighted by molar-refractivity contribution is 7.98. The van der Waals surface area contributed by atoms with Gasteiger partial charge in [0, 0.05) is 32.5 Å². The van der Waals surface area contributed by atoms with E-state index in [0.29, 0.717) is 26.5 Å². The minimum Gasteiger partial charge on any atom is -0.386 e. The molecule has 3 aromatic carbocycles. The molecule has 8 heteroatoms. The maximum atomic E-state index is 13.7. The molecule has 0 aliphatic rings. The number of nitrogens with zero attached hydrogens (tertiary/aromatic N) is 2. The van der Waals surface area contributed by atoms with Crippen molar-refractivity contribution in [3.05, 3.63) is 111 Å². The summed E-state index contributed by atoms with van der Waals surface area (Å²) < 4.78 is 29.2. The molecule has 0 atom stereocenters. The fourth-order valence-corrected chi connectivity index (χ4v) is 5.77. The quantitative estimate of drug-likeness (QED) is 0.237. The molecular weight excluding hydrogens is 521 g/mol. The molecule has 0 unspecified atom stereocenters. The van der Waals surface area contributed by atoms with Gasteiger partial charge in [-0.2, -0.15) is 0 Å². The van der Waals surface area contributed by atoms with Gasteiger partial charge >= 0.3 is 0 Å². The van der Waals surface area contributed by atoms with Crippen molar-refractivity contribution in [1.82, 2.24) is 9.55 Å². The van der Waals surface area contributed by atoms with E-state index in [1.807, 2.05) is 22.8 Å². The van der Waals surface area contributed by atoms with Crippen LogP contribution in [0.1, 0.15) is 50.1 Å². The predicted octanol–water partition coefficient (Wildman–Crippen LogP) is 8.30. The summed E-state index contributed by atoms with van der Waals surface area (Å²) in [5, 5.41) is 11.9. The van der Waals surface area contributed by atoms with Gasteiger partial charge < -0.3 is 5.11 Å². The lowest BCUT2D eigenvalue weighted by Crippen LogP contribution is -2.24. The summed E-state index contributed by atoms with van der Waals surface area (Å²) in [5.74, 6) is -0.246. The van der Waals surface area contributed by atoms with Crippen LogP contribution in [-0.2, 0) is 16.8 Å². The predicted molar refractivity (Wildman–Crippen MR) is 143 cm³/mol. The maximum Gasteiger partial charge on any atom is 0.173 e. The van der Waals surface area contributed by atoms with E-state index < -0.39 is 11.0 Å². The highest BCUT2D eigenvalue weighted by atomic mass is 35.5. The molecule has 0 aliphatic heterocycles. The molecule has 0 aliphatic carbocycles. The molecule has 36 heavy (non-hydrogen) atoms. The van der Waals surface area contributed by atoms with Crippen LogP contribution >= 0.6 is 35.0 Å². The Kier molecular flexibility index (Phi) is 7.54. The topological polar surface area (TPSA) is 38.1 Å². The Labute approximate surface area is 224 Å². The van der Waals surface area contributed by atoms with Gasteiger partial charge in [0.25, 0.3) is 0 Å². The smallest absolute Gasteiger partial charge is 0.173 e. The average Bonchev–Trinajstić information content (AvgIpc) is 3.23. The van der Waals surface area contributed by atoms with Gasteiger partial charge in [-0.1, -0.05) is 67.0 Å². The van der Waals surface area contributed by atoms with Crippen LogP contribution < -0.4 is 0 Å². The van der Waals surface area contributed by atoms with Crippen molar-refractivity contribution in [3.8, 4) is 5.69 Å². The molecule has 4 rings (SSSR count). The van der Waals surface area contributed by atoms with Crippen molar-refractivity contribution >= 4 is 35.0 Å². The van der Waals surface area contributed by atoms with Gasteiger partial charge in [0.2, 0.25) is 0 Å². The first-order valence-corrected chi connectivity index (χ1v) is 13.1. The van der Waals surface area contributed by atoms with Crippen LogP contribution in [0.2, 0.25) is 10.0 Å². The second kappa shape index (κ2) is 10.2. The molecule has 0 bridgehead atoms. The van der Waals surface area contributed by atoms with Gasteiger partial charge in [0.1, 0.15) is 11.6 Å². The van der Waals surface area contributed by atoms with Crippen LogP contribution in [0.3, 0.4) is 0 Å². The number of aromatic nitrogens is 2. The molecule has 0 saturated heterocycles. The lowest BCUT2D eigenvalue weighted by molar-refractivity contribution is 0.0787. The van der Waals surface area contributed by atoms with Crippen LogP contribution in [0.15, 0.2) is 72.0 Å². The van der Waals surface area contributed by atoms with Crippen LogP contribution in [0, 0.1) is 11.6 Å². The Bertz CT molecular complexity index is 1400. The summed E-state index contributed by atoms with van der Waals surface area (Å²) in [5.41, 5.74) is 2.37. The van der Waals surface area contributed by atoms with Crippen molar-refractivity contribution in [2.24, 2.45) is 0 Å². The first kappa shape index (κ1) is 26.7. The van der Waals surface area contributed by atoms with Gasteiger partial charge in [-0.25, -0.2) is 13.8 Å². The number of hydrogen-bond donors (Lipinski definition) is 1. The maximum absolute atomic E-state index is 13.7. The number of thioether (sulfide) groups is 1. The van der Waals surface area contributed by atoms with Gasteiger partial charge in [0.15, 0.2) is 5.16 Å². The largest absolute Gasteiger partial charge is 0.386 e. The van der Waals surface area contributed by atoms with Crippen LogP contribution in [0.5, 0.6) is 0 Å². The summed E-state index contributed by atoms with van der Waals surface area (Å²) in [7, 11) is 0.